The quantitative estimate of drug-likeness (QED) is 0.902. The third-order valence-corrected chi connectivity index (χ3v) is 3.71. The van der Waals surface area contributed by atoms with Crippen molar-refractivity contribution in [1.29, 1.82) is 0 Å². The molecular weight excluding hydrogens is 266 g/mol. The van der Waals surface area contributed by atoms with E-state index in [1.807, 2.05) is 32.9 Å². The van der Waals surface area contributed by atoms with E-state index in [2.05, 4.69) is 10.3 Å². The zero-order valence-electron chi connectivity index (χ0n) is 13.3. The van der Waals surface area contributed by atoms with E-state index in [4.69, 9.17) is 0 Å². The molecule has 1 unspecified atom stereocenters. The molecule has 1 aliphatic rings. The molecule has 1 N–H and O–H groups in total. The Labute approximate surface area is 125 Å². The molecule has 2 rings (SSSR count). The molecule has 1 atom stereocenters. The SMILES string of the molecule is CC1(C)NC(=O)C(C(C)(C)C)N(Cc2ccncc2)C1=O. The molecule has 1 fully saturated rings. The largest absolute Gasteiger partial charge is 0.340 e. The van der Waals surface area contributed by atoms with Crippen LogP contribution in [0.2, 0.25) is 0 Å². The summed E-state index contributed by atoms with van der Waals surface area (Å²) in [4.78, 5) is 30.9. The summed E-state index contributed by atoms with van der Waals surface area (Å²) >= 11 is 0. The highest BCUT2D eigenvalue weighted by atomic mass is 16.2. The molecule has 0 spiro atoms. The molecule has 1 aromatic rings. The molecule has 1 aromatic heterocycles. The van der Waals surface area contributed by atoms with Crippen LogP contribution in [0.5, 0.6) is 0 Å². The first-order valence-electron chi connectivity index (χ1n) is 7.15. The van der Waals surface area contributed by atoms with E-state index in [0.29, 0.717) is 6.54 Å². The van der Waals surface area contributed by atoms with E-state index in [1.54, 1.807) is 31.1 Å². The highest BCUT2D eigenvalue weighted by molar-refractivity contribution is 5.99. The van der Waals surface area contributed by atoms with Crippen molar-refractivity contribution in [2.24, 2.45) is 5.41 Å². The summed E-state index contributed by atoms with van der Waals surface area (Å²) in [6, 6.07) is 3.25. The second-order valence-corrected chi connectivity index (χ2v) is 7.17. The molecule has 0 aliphatic carbocycles. The first kappa shape index (κ1) is 15.5. The fourth-order valence-corrected chi connectivity index (χ4v) is 2.76. The van der Waals surface area contributed by atoms with Crippen LogP contribution in [0.15, 0.2) is 24.5 Å². The third-order valence-electron chi connectivity index (χ3n) is 3.71. The lowest BCUT2D eigenvalue weighted by Crippen LogP contribution is -2.70. The second kappa shape index (κ2) is 5.13. The van der Waals surface area contributed by atoms with Gasteiger partial charge in [-0.25, -0.2) is 0 Å². The average Bonchev–Trinajstić information content (AvgIpc) is 2.34. The topological polar surface area (TPSA) is 62.3 Å². The maximum absolute atomic E-state index is 12.7. The van der Waals surface area contributed by atoms with Crippen LogP contribution in [0.1, 0.15) is 40.2 Å². The van der Waals surface area contributed by atoms with Crippen LogP contribution in [-0.2, 0) is 16.1 Å². The lowest BCUT2D eigenvalue weighted by atomic mass is 9.81. The van der Waals surface area contributed by atoms with Gasteiger partial charge in [0, 0.05) is 18.9 Å². The Bertz CT molecular complexity index is 546. The predicted octanol–water partition coefficient (Wildman–Crippen LogP) is 1.73. The van der Waals surface area contributed by atoms with Crippen LogP contribution < -0.4 is 5.32 Å². The van der Waals surface area contributed by atoms with Crippen molar-refractivity contribution in [1.82, 2.24) is 15.2 Å². The van der Waals surface area contributed by atoms with E-state index >= 15 is 0 Å². The lowest BCUT2D eigenvalue weighted by Gasteiger charge is -2.47. The average molecular weight is 289 g/mol. The standard InChI is InChI=1S/C16H23N3O2/c1-15(2,3)12-13(20)18-16(4,5)14(21)19(12)10-11-6-8-17-9-7-11/h6-9,12H,10H2,1-5H3,(H,18,20). The van der Waals surface area contributed by atoms with Crippen molar-refractivity contribution in [3.63, 3.8) is 0 Å². The number of carbonyl (C=O) groups is 2. The monoisotopic (exact) mass is 289 g/mol. The number of aromatic nitrogens is 1. The van der Waals surface area contributed by atoms with Gasteiger partial charge >= 0.3 is 0 Å². The highest BCUT2D eigenvalue weighted by Gasteiger charge is 2.49. The van der Waals surface area contributed by atoms with Gasteiger partial charge in [0.25, 0.3) is 0 Å². The van der Waals surface area contributed by atoms with Crippen LogP contribution in [0.4, 0.5) is 0 Å². The van der Waals surface area contributed by atoms with Crippen molar-refractivity contribution in [2.75, 3.05) is 0 Å². The molecule has 5 heteroatoms. The summed E-state index contributed by atoms with van der Waals surface area (Å²) in [5, 5.41) is 2.84. The first-order valence-corrected chi connectivity index (χ1v) is 7.15. The van der Waals surface area contributed by atoms with Crippen molar-refractivity contribution in [2.45, 2.75) is 52.7 Å². The Morgan fingerprint density at radius 2 is 1.81 bits per heavy atom. The van der Waals surface area contributed by atoms with E-state index in [-0.39, 0.29) is 17.2 Å². The van der Waals surface area contributed by atoms with Gasteiger partial charge in [-0.05, 0) is 37.0 Å². The van der Waals surface area contributed by atoms with Crippen molar-refractivity contribution in [3.8, 4) is 0 Å². The molecule has 21 heavy (non-hydrogen) atoms. The number of hydrogen-bond acceptors (Lipinski definition) is 3. The number of amides is 2. The van der Waals surface area contributed by atoms with Gasteiger partial charge in [-0.3, -0.25) is 14.6 Å². The van der Waals surface area contributed by atoms with Gasteiger partial charge in [0.05, 0.1) is 0 Å². The Hall–Kier alpha value is -1.91. The van der Waals surface area contributed by atoms with Crippen LogP contribution in [0.3, 0.4) is 0 Å². The number of nitrogens with zero attached hydrogens (tertiary/aromatic N) is 2. The first-order chi connectivity index (χ1) is 9.63. The Kier molecular flexibility index (Phi) is 3.78. The fourth-order valence-electron chi connectivity index (χ4n) is 2.76. The van der Waals surface area contributed by atoms with Gasteiger partial charge in [0.2, 0.25) is 11.8 Å². The number of rotatable bonds is 2. The molecule has 2 amide bonds. The summed E-state index contributed by atoms with van der Waals surface area (Å²) in [5.41, 5.74) is -0.229. The molecule has 0 radical (unpaired) electrons. The minimum Gasteiger partial charge on any atom is -0.340 e. The Morgan fingerprint density at radius 1 is 1.24 bits per heavy atom. The van der Waals surface area contributed by atoms with Crippen molar-refractivity contribution >= 4 is 11.8 Å². The van der Waals surface area contributed by atoms with Crippen LogP contribution in [0.25, 0.3) is 0 Å². The highest BCUT2D eigenvalue weighted by Crippen LogP contribution is 2.31. The number of hydrogen-bond donors (Lipinski definition) is 1. The maximum atomic E-state index is 12.7. The summed E-state index contributed by atoms with van der Waals surface area (Å²) in [5.74, 6) is -0.153. The molecule has 1 aliphatic heterocycles. The van der Waals surface area contributed by atoms with Gasteiger partial charge in [0.1, 0.15) is 11.6 Å². The molecule has 0 saturated carbocycles. The second-order valence-electron chi connectivity index (χ2n) is 7.17. The molecule has 1 saturated heterocycles. The number of nitrogens with one attached hydrogen (secondary N) is 1. The molecule has 5 nitrogen and oxygen atoms in total. The van der Waals surface area contributed by atoms with E-state index in [9.17, 15) is 9.59 Å². The Morgan fingerprint density at radius 3 is 2.33 bits per heavy atom. The van der Waals surface area contributed by atoms with Gasteiger partial charge in [-0.2, -0.15) is 0 Å². The van der Waals surface area contributed by atoms with Crippen molar-refractivity contribution < 1.29 is 9.59 Å². The number of carbonyl (C=O) groups excluding carboxylic acids is 2. The predicted molar refractivity (Wildman–Crippen MR) is 80.3 cm³/mol. The summed E-state index contributed by atoms with van der Waals surface area (Å²) < 4.78 is 0. The molecule has 114 valence electrons. The summed E-state index contributed by atoms with van der Waals surface area (Å²) in [6.45, 7) is 9.82. The molecular formula is C16H23N3O2. The zero-order valence-corrected chi connectivity index (χ0v) is 13.3. The van der Waals surface area contributed by atoms with Gasteiger partial charge in [0.15, 0.2) is 0 Å². The maximum Gasteiger partial charge on any atom is 0.248 e. The third kappa shape index (κ3) is 3.06. The van der Waals surface area contributed by atoms with Gasteiger partial charge < -0.3 is 10.2 Å². The van der Waals surface area contributed by atoms with Crippen LogP contribution >= 0.6 is 0 Å². The number of pyridine rings is 1. The number of piperazine rings is 1. The van der Waals surface area contributed by atoms with E-state index in [0.717, 1.165) is 5.56 Å². The molecule has 2 heterocycles. The fraction of sp³-hybridized carbons (Fsp3) is 0.562. The van der Waals surface area contributed by atoms with E-state index < -0.39 is 11.6 Å². The van der Waals surface area contributed by atoms with Gasteiger partial charge in [-0.1, -0.05) is 20.8 Å². The van der Waals surface area contributed by atoms with Crippen LogP contribution in [0, 0.1) is 5.41 Å². The molecule has 0 bridgehead atoms. The van der Waals surface area contributed by atoms with Crippen LogP contribution in [-0.4, -0.2) is 33.3 Å². The van der Waals surface area contributed by atoms with Crippen molar-refractivity contribution in [3.05, 3.63) is 30.1 Å². The normalized spacial score (nSPS) is 22.1. The minimum absolute atomic E-state index is 0.0566. The zero-order chi connectivity index (χ0) is 15.8. The van der Waals surface area contributed by atoms with E-state index in [1.165, 1.54) is 0 Å². The lowest BCUT2D eigenvalue weighted by molar-refractivity contribution is -0.158. The minimum atomic E-state index is -0.869. The molecule has 0 aromatic carbocycles. The Balaban J connectivity index is 2.39. The van der Waals surface area contributed by atoms with Gasteiger partial charge in [-0.15, -0.1) is 0 Å². The summed E-state index contributed by atoms with van der Waals surface area (Å²) in [7, 11) is 0. The smallest absolute Gasteiger partial charge is 0.248 e. The summed E-state index contributed by atoms with van der Waals surface area (Å²) in [6.07, 6.45) is 3.39.